The molecule has 0 aliphatic rings. The van der Waals surface area contributed by atoms with Gasteiger partial charge in [0.25, 0.3) is 0 Å². The molecule has 5 nitrogen and oxygen atoms in total. The van der Waals surface area contributed by atoms with Gasteiger partial charge in [-0.3, -0.25) is 14.7 Å². The van der Waals surface area contributed by atoms with Crippen LogP contribution in [0.25, 0.3) is 5.69 Å². The third kappa shape index (κ3) is 1.90. The predicted molar refractivity (Wildman–Crippen MR) is 58.8 cm³/mol. The first-order chi connectivity index (χ1) is 7.09. The lowest BCUT2D eigenvalue weighted by Crippen LogP contribution is -2.12. The summed E-state index contributed by atoms with van der Waals surface area (Å²) >= 11 is 0. The highest BCUT2D eigenvalue weighted by atomic mass is 32.2. The highest BCUT2D eigenvalue weighted by Crippen LogP contribution is 2.17. The number of rotatable bonds is 2. The summed E-state index contributed by atoms with van der Waals surface area (Å²) in [5, 5.41) is 9.61. The van der Waals surface area contributed by atoms with Gasteiger partial charge in [0, 0.05) is 22.2 Å². The molecular formula is C9H11N5S. The Morgan fingerprint density at radius 2 is 1.93 bits per heavy atom. The van der Waals surface area contributed by atoms with Crippen molar-refractivity contribution in [3.8, 4) is 5.69 Å². The fourth-order valence-electron chi connectivity index (χ4n) is 1.33. The number of nitrogens with one attached hydrogen (secondary N) is 2. The molecule has 6 heteroatoms. The van der Waals surface area contributed by atoms with Crippen molar-refractivity contribution in [2.75, 3.05) is 0 Å². The molecule has 2 aromatic rings. The van der Waals surface area contributed by atoms with Crippen LogP contribution in [0, 0.1) is 9.56 Å². The van der Waals surface area contributed by atoms with Crippen molar-refractivity contribution in [2.24, 2.45) is 5.14 Å². The van der Waals surface area contributed by atoms with Gasteiger partial charge in [-0.15, -0.1) is 0 Å². The summed E-state index contributed by atoms with van der Waals surface area (Å²) in [7, 11) is -2.72. The Hall–Kier alpha value is -1.66. The van der Waals surface area contributed by atoms with E-state index in [-0.39, 0.29) is 0 Å². The maximum absolute atomic E-state index is 7.60. The molecule has 0 saturated carbocycles. The van der Waals surface area contributed by atoms with Crippen LogP contribution in [0.1, 0.15) is 0 Å². The first-order valence-corrected chi connectivity index (χ1v) is 5.98. The fourth-order valence-corrected chi connectivity index (χ4v) is 2.11. The standard InChI is InChI=1S/C9H11N5S/c10-15(11,12)9-5-2-1-4-8(9)14-7-3-6-13-14/h1-7H,(H4,10,11,12). The molecule has 2 rings (SSSR count). The highest BCUT2D eigenvalue weighted by molar-refractivity contribution is 7.91. The van der Waals surface area contributed by atoms with Gasteiger partial charge in [0.1, 0.15) is 0 Å². The zero-order chi connectivity index (χ0) is 10.9. The number of nitrogens with zero attached hydrogens (tertiary/aromatic N) is 2. The minimum Gasteiger partial charge on any atom is -0.258 e. The zero-order valence-corrected chi connectivity index (χ0v) is 8.74. The monoisotopic (exact) mass is 221 g/mol. The molecule has 0 bridgehead atoms. The zero-order valence-electron chi connectivity index (χ0n) is 7.92. The van der Waals surface area contributed by atoms with Crippen LogP contribution < -0.4 is 5.14 Å². The van der Waals surface area contributed by atoms with Gasteiger partial charge in [0.05, 0.1) is 10.6 Å². The van der Waals surface area contributed by atoms with E-state index in [1.54, 1.807) is 41.3 Å². The number of hydrogen-bond donors (Lipinski definition) is 3. The van der Waals surface area contributed by atoms with Gasteiger partial charge < -0.3 is 0 Å². The molecule has 15 heavy (non-hydrogen) atoms. The van der Waals surface area contributed by atoms with Crippen LogP contribution >= 0.6 is 0 Å². The quantitative estimate of drug-likeness (QED) is 0.721. The van der Waals surface area contributed by atoms with Gasteiger partial charge in [0.15, 0.2) is 0 Å². The summed E-state index contributed by atoms with van der Waals surface area (Å²) in [6, 6.07) is 8.91. The van der Waals surface area contributed by atoms with Gasteiger partial charge in [-0.1, -0.05) is 12.1 Å². The molecule has 0 saturated heterocycles. The predicted octanol–water partition coefficient (Wildman–Crippen LogP) is 1.78. The van der Waals surface area contributed by atoms with Crippen LogP contribution in [-0.2, 0) is 9.81 Å². The Balaban J connectivity index is 2.68. The Labute approximate surface area is 88.1 Å². The van der Waals surface area contributed by atoms with E-state index in [0.717, 1.165) is 0 Å². The van der Waals surface area contributed by atoms with Crippen LogP contribution in [0.15, 0.2) is 47.6 Å². The molecule has 1 aromatic heterocycles. The molecule has 0 aliphatic heterocycles. The molecule has 4 N–H and O–H groups in total. The normalized spacial score (nSPS) is 11.5. The van der Waals surface area contributed by atoms with Crippen molar-refractivity contribution >= 4 is 9.81 Å². The van der Waals surface area contributed by atoms with E-state index in [4.69, 9.17) is 14.7 Å². The van der Waals surface area contributed by atoms with E-state index in [1.807, 2.05) is 6.07 Å². The first kappa shape index (κ1) is 9.88. The summed E-state index contributed by atoms with van der Waals surface area (Å²) in [5.74, 6) is 0. The van der Waals surface area contributed by atoms with E-state index in [1.165, 1.54) is 0 Å². The molecule has 1 aromatic carbocycles. The molecule has 78 valence electrons. The molecular weight excluding hydrogens is 210 g/mol. The second kappa shape index (κ2) is 3.48. The molecule has 0 atom stereocenters. The van der Waals surface area contributed by atoms with Crippen LogP contribution in [0.5, 0.6) is 0 Å². The summed E-state index contributed by atoms with van der Waals surface area (Å²) < 4.78 is 16.8. The third-order valence-electron chi connectivity index (χ3n) is 1.96. The average Bonchev–Trinajstić information content (AvgIpc) is 2.69. The molecule has 0 aliphatic carbocycles. The lowest BCUT2D eigenvalue weighted by Gasteiger charge is -2.10. The van der Waals surface area contributed by atoms with E-state index >= 15 is 0 Å². The van der Waals surface area contributed by atoms with Crippen LogP contribution in [0.3, 0.4) is 0 Å². The minimum atomic E-state index is -2.72. The lowest BCUT2D eigenvalue weighted by molar-refractivity contribution is 0.860. The highest BCUT2D eigenvalue weighted by Gasteiger charge is 2.08. The molecule has 0 amide bonds. The number of para-hydroxylation sites is 1. The number of aromatic nitrogens is 2. The Bertz CT molecular complexity index is 556. The van der Waals surface area contributed by atoms with Crippen molar-refractivity contribution in [1.82, 2.24) is 9.78 Å². The average molecular weight is 221 g/mol. The topological polar surface area (TPSA) is 91.5 Å². The van der Waals surface area contributed by atoms with Gasteiger partial charge in [-0.05, 0) is 18.2 Å². The molecule has 0 spiro atoms. The van der Waals surface area contributed by atoms with Crippen molar-refractivity contribution in [1.29, 1.82) is 9.56 Å². The number of hydrogen-bond acceptors (Lipinski definition) is 3. The van der Waals surface area contributed by atoms with E-state index in [9.17, 15) is 0 Å². The maximum Gasteiger partial charge on any atom is 0.0812 e. The minimum absolute atomic E-state index is 0.508. The van der Waals surface area contributed by atoms with Crippen molar-refractivity contribution in [2.45, 2.75) is 4.90 Å². The van der Waals surface area contributed by atoms with E-state index in [2.05, 4.69) is 5.10 Å². The Morgan fingerprint density at radius 3 is 2.53 bits per heavy atom. The Morgan fingerprint density at radius 1 is 1.20 bits per heavy atom. The van der Waals surface area contributed by atoms with Gasteiger partial charge in [-0.25, -0.2) is 4.68 Å². The largest absolute Gasteiger partial charge is 0.258 e. The van der Waals surface area contributed by atoms with Crippen molar-refractivity contribution in [3.05, 3.63) is 42.7 Å². The second-order valence-corrected chi connectivity index (χ2v) is 4.84. The van der Waals surface area contributed by atoms with Crippen LogP contribution in [0.2, 0.25) is 0 Å². The first-order valence-electron chi connectivity index (χ1n) is 4.28. The third-order valence-corrected chi connectivity index (χ3v) is 3.00. The van der Waals surface area contributed by atoms with Gasteiger partial charge >= 0.3 is 0 Å². The number of benzene rings is 1. The lowest BCUT2D eigenvalue weighted by atomic mass is 10.3. The number of nitrogens with two attached hydrogens (primary N) is 1. The summed E-state index contributed by atoms with van der Waals surface area (Å²) in [4.78, 5) is 0.508. The molecule has 0 radical (unpaired) electrons. The van der Waals surface area contributed by atoms with Crippen LogP contribution in [-0.4, -0.2) is 9.78 Å². The molecule has 0 unspecified atom stereocenters. The second-order valence-electron chi connectivity index (χ2n) is 3.08. The summed E-state index contributed by atoms with van der Waals surface area (Å²) in [5.41, 5.74) is 0.699. The maximum atomic E-state index is 7.60. The van der Waals surface area contributed by atoms with E-state index < -0.39 is 9.81 Å². The van der Waals surface area contributed by atoms with Gasteiger partial charge in [-0.2, -0.15) is 5.10 Å². The van der Waals surface area contributed by atoms with Crippen LogP contribution in [0.4, 0.5) is 0 Å². The van der Waals surface area contributed by atoms with Gasteiger partial charge in [0.2, 0.25) is 0 Å². The molecule has 0 fully saturated rings. The smallest absolute Gasteiger partial charge is 0.0812 e. The molecule has 1 heterocycles. The SMILES string of the molecule is N=S(=N)(N)c1ccccc1-n1cccn1. The summed E-state index contributed by atoms with van der Waals surface area (Å²) in [6.07, 6.45) is 3.42. The fraction of sp³-hybridized carbons (Fsp3) is 0. The van der Waals surface area contributed by atoms with Crippen molar-refractivity contribution in [3.63, 3.8) is 0 Å². The van der Waals surface area contributed by atoms with E-state index in [0.29, 0.717) is 10.6 Å². The summed E-state index contributed by atoms with van der Waals surface area (Å²) in [6.45, 7) is 0. The van der Waals surface area contributed by atoms with Crippen molar-refractivity contribution < 1.29 is 0 Å². The Kier molecular flexibility index (Phi) is 2.29.